The highest BCUT2D eigenvalue weighted by atomic mass is 16.3. The van der Waals surface area contributed by atoms with E-state index in [2.05, 4.69) is 9.98 Å². The van der Waals surface area contributed by atoms with Gasteiger partial charge >= 0.3 is 0 Å². The zero-order valence-electron chi connectivity index (χ0n) is 24.0. The standard InChI is InChI=1S/C32H36N2O6/c1-13(2)21-17-9-15(5)23(29(37)25(17)19(11-33-7)27(35)31(21)39)24-16(6)10-18-22(14(3)4)32(40)28(36)20(12-34-8)26(18)30(24)38/h9-14,35-40H,1-8H3. The lowest BCUT2D eigenvalue weighted by Gasteiger charge is -2.23. The van der Waals surface area contributed by atoms with E-state index in [1.165, 1.54) is 26.5 Å². The molecule has 0 aliphatic heterocycles. The van der Waals surface area contributed by atoms with Gasteiger partial charge in [0.15, 0.2) is 23.0 Å². The van der Waals surface area contributed by atoms with Gasteiger partial charge in [-0.05, 0) is 47.6 Å². The molecule has 0 aromatic heterocycles. The van der Waals surface area contributed by atoms with E-state index in [0.29, 0.717) is 44.2 Å². The van der Waals surface area contributed by atoms with Crippen molar-refractivity contribution in [1.29, 1.82) is 0 Å². The number of rotatable bonds is 5. The second-order valence-corrected chi connectivity index (χ2v) is 10.8. The quantitative estimate of drug-likeness (QED) is 0.120. The molecular weight excluding hydrogens is 508 g/mol. The van der Waals surface area contributed by atoms with Crippen LogP contribution in [0.5, 0.6) is 34.5 Å². The number of phenolic OH excluding ortho intramolecular Hbond substituents is 6. The third kappa shape index (κ3) is 4.06. The molecule has 4 aromatic carbocycles. The molecule has 0 spiro atoms. The summed E-state index contributed by atoms with van der Waals surface area (Å²) in [4.78, 5) is 8.06. The Hall–Kier alpha value is -4.46. The third-order valence-corrected chi connectivity index (χ3v) is 7.51. The van der Waals surface area contributed by atoms with Crippen molar-refractivity contribution in [3.05, 3.63) is 45.5 Å². The number of aromatic hydroxyl groups is 6. The number of nitrogens with zero attached hydrogens (tertiary/aromatic N) is 2. The van der Waals surface area contributed by atoms with Crippen molar-refractivity contribution in [2.75, 3.05) is 14.1 Å². The zero-order valence-corrected chi connectivity index (χ0v) is 24.0. The molecule has 210 valence electrons. The number of benzene rings is 4. The Morgan fingerprint density at radius 1 is 0.550 bits per heavy atom. The summed E-state index contributed by atoms with van der Waals surface area (Å²) in [6.45, 7) is 11.1. The molecule has 0 aliphatic rings. The number of fused-ring (bicyclic) bond motifs is 2. The van der Waals surface area contributed by atoms with Gasteiger partial charge in [0.2, 0.25) is 0 Å². The first kappa shape index (κ1) is 28.5. The smallest absolute Gasteiger partial charge is 0.167 e. The Kier molecular flexibility index (Phi) is 7.32. The molecule has 0 bridgehead atoms. The summed E-state index contributed by atoms with van der Waals surface area (Å²) >= 11 is 0. The zero-order chi connectivity index (χ0) is 29.8. The number of hydrogen-bond acceptors (Lipinski definition) is 8. The first-order chi connectivity index (χ1) is 18.8. The third-order valence-electron chi connectivity index (χ3n) is 7.51. The minimum absolute atomic E-state index is 0.152. The molecule has 4 aromatic rings. The summed E-state index contributed by atoms with van der Waals surface area (Å²) in [5.74, 6) is -2.08. The summed E-state index contributed by atoms with van der Waals surface area (Å²) in [5, 5.41) is 69.0. The maximum absolute atomic E-state index is 11.9. The minimum atomic E-state index is -0.394. The molecule has 4 rings (SSSR count). The summed E-state index contributed by atoms with van der Waals surface area (Å²) < 4.78 is 0. The van der Waals surface area contributed by atoms with E-state index >= 15 is 0 Å². The molecule has 40 heavy (non-hydrogen) atoms. The average molecular weight is 545 g/mol. The Labute approximate surface area is 233 Å². The van der Waals surface area contributed by atoms with Crippen LogP contribution in [0, 0.1) is 13.8 Å². The molecule has 6 N–H and O–H groups in total. The molecule has 0 saturated heterocycles. The van der Waals surface area contributed by atoms with Crippen molar-refractivity contribution in [3.63, 3.8) is 0 Å². The van der Waals surface area contributed by atoms with Crippen molar-refractivity contribution in [1.82, 2.24) is 0 Å². The topological polar surface area (TPSA) is 146 Å². The Morgan fingerprint density at radius 2 is 0.875 bits per heavy atom. The molecular formula is C32H36N2O6. The molecule has 0 saturated carbocycles. The number of hydrogen-bond donors (Lipinski definition) is 6. The fourth-order valence-corrected chi connectivity index (χ4v) is 5.88. The van der Waals surface area contributed by atoms with Crippen molar-refractivity contribution < 1.29 is 30.6 Å². The Balaban J connectivity index is 2.29. The molecule has 8 nitrogen and oxygen atoms in total. The van der Waals surface area contributed by atoms with Crippen molar-refractivity contribution in [3.8, 4) is 45.6 Å². The largest absolute Gasteiger partial charge is 0.507 e. The van der Waals surface area contributed by atoms with E-state index in [1.54, 1.807) is 13.8 Å². The molecule has 0 heterocycles. The van der Waals surface area contributed by atoms with Crippen LogP contribution >= 0.6 is 0 Å². The van der Waals surface area contributed by atoms with E-state index in [0.717, 1.165) is 0 Å². The van der Waals surface area contributed by atoms with Crippen molar-refractivity contribution in [2.24, 2.45) is 9.98 Å². The van der Waals surface area contributed by atoms with E-state index < -0.39 is 11.5 Å². The predicted octanol–water partition coefficient (Wildman–Crippen LogP) is 6.85. The van der Waals surface area contributed by atoms with Gasteiger partial charge in [-0.15, -0.1) is 0 Å². The van der Waals surface area contributed by atoms with Crippen LogP contribution < -0.4 is 0 Å². The van der Waals surface area contributed by atoms with Gasteiger partial charge in [0.05, 0.1) is 0 Å². The first-order valence-corrected chi connectivity index (χ1v) is 13.1. The SMILES string of the molecule is CN=Cc1c(O)c(O)c(C(C)C)c2cc(C)c(-c3c(C)cc4c(C(C)C)c(O)c(O)c(C=NC)c4c3O)c(O)c12. The first-order valence-electron chi connectivity index (χ1n) is 13.1. The van der Waals surface area contributed by atoms with Crippen molar-refractivity contribution >= 4 is 34.0 Å². The summed E-state index contributed by atoms with van der Waals surface area (Å²) in [6.07, 6.45) is 2.75. The van der Waals surface area contributed by atoms with Gasteiger partial charge in [-0.2, -0.15) is 0 Å². The maximum atomic E-state index is 11.9. The van der Waals surface area contributed by atoms with Crippen LogP contribution in [0.15, 0.2) is 22.1 Å². The lowest BCUT2D eigenvalue weighted by atomic mass is 9.83. The summed E-state index contributed by atoms with van der Waals surface area (Å²) in [5.41, 5.74) is 3.15. The highest BCUT2D eigenvalue weighted by Gasteiger charge is 2.29. The summed E-state index contributed by atoms with van der Waals surface area (Å²) in [7, 11) is 3.05. The number of aryl methyl sites for hydroxylation is 2. The molecule has 8 heteroatoms. The highest BCUT2D eigenvalue weighted by molar-refractivity contribution is 6.15. The predicted molar refractivity (Wildman–Crippen MR) is 162 cm³/mol. The average Bonchev–Trinajstić information content (AvgIpc) is 2.86. The van der Waals surface area contributed by atoms with E-state index in [1.807, 2.05) is 39.8 Å². The monoisotopic (exact) mass is 544 g/mol. The Bertz CT molecular complexity index is 1620. The van der Waals surface area contributed by atoms with Gasteiger partial charge in [0, 0.05) is 70.7 Å². The van der Waals surface area contributed by atoms with Crippen LogP contribution in [0.1, 0.15) is 72.9 Å². The van der Waals surface area contributed by atoms with Gasteiger partial charge in [0.25, 0.3) is 0 Å². The minimum Gasteiger partial charge on any atom is -0.507 e. The Morgan fingerprint density at radius 3 is 1.15 bits per heavy atom. The summed E-state index contributed by atoms with van der Waals surface area (Å²) in [6, 6.07) is 3.63. The van der Waals surface area contributed by atoms with Gasteiger partial charge in [-0.1, -0.05) is 39.8 Å². The van der Waals surface area contributed by atoms with Gasteiger partial charge in [-0.3, -0.25) is 9.98 Å². The second-order valence-electron chi connectivity index (χ2n) is 10.8. The molecule has 0 aliphatic carbocycles. The van der Waals surface area contributed by atoms with E-state index in [9.17, 15) is 30.6 Å². The lowest BCUT2D eigenvalue weighted by molar-refractivity contribution is 0.398. The van der Waals surface area contributed by atoms with Crippen LogP contribution in [0.2, 0.25) is 0 Å². The molecule has 0 fully saturated rings. The van der Waals surface area contributed by atoms with Gasteiger partial charge < -0.3 is 30.6 Å². The fraction of sp³-hybridized carbons (Fsp3) is 0.312. The number of phenols is 6. The fourth-order valence-electron chi connectivity index (χ4n) is 5.88. The number of aliphatic imine (C=N–C) groups is 2. The normalized spacial score (nSPS) is 12.3. The van der Waals surface area contributed by atoms with Crippen LogP contribution in [-0.4, -0.2) is 57.2 Å². The lowest BCUT2D eigenvalue weighted by Crippen LogP contribution is -2.01. The second kappa shape index (κ2) is 10.3. The van der Waals surface area contributed by atoms with E-state index in [-0.39, 0.29) is 56.7 Å². The van der Waals surface area contributed by atoms with Crippen LogP contribution in [0.3, 0.4) is 0 Å². The molecule has 0 amide bonds. The molecule has 0 unspecified atom stereocenters. The van der Waals surface area contributed by atoms with Crippen LogP contribution in [-0.2, 0) is 0 Å². The van der Waals surface area contributed by atoms with Gasteiger partial charge in [-0.25, -0.2) is 0 Å². The highest BCUT2D eigenvalue weighted by Crippen LogP contribution is 2.54. The molecule has 0 radical (unpaired) electrons. The molecule has 0 atom stereocenters. The van der Waals surface area contributed by atoms with E-state index in [4.69, 9.17) is 0 Å². The van der Waals surface area contributed by atoms with Crippen LogP contribution in [0.25, 0.3) is 32.7 Å². The maximum Gasteiger partial charge on any atom is 0.167 e. The van der Waals surface area contributed by atoms with Crippen LogP contribution in [0.4, 0.5) is 0 Å². The van der Waals surface area contributed by atoms with Crippen molar-refractivity contribution in [2.45, 2.75) is 53.4 Å². The van der Waals surface area contributed by atoms with Gasteiger partial charge in [0.1, 0.15) is 11.5 Å².